The highest BCUT2D eigenvalue weighted by atomic mass is 16.1. The number of hydrogen-bond donors (Lipinski definition) is 1. The highest BCUT2D eigenvalue weighted by molar-refractivity contribution is 6.16. The Morgan fingerprint density at radius 3 is 2.69 bits per heavy atom. The number of aromatic nitrogens is 2. The largest absolute Gasteiger partial charge is 0.325 e. The molecule has 2 heterocycles. The number of aryl methyl sites for hydroxylation is 1. The second kappa shape index (κ2) is 7.82. The van der Waals surface area contributed by atoms with E-state index in [9.17, 15) is 4.79 Å². The fourth-order valence-electron chi connectivity index (χ4n) is 3.75. The van der Waals surface area contributed by atoms with Crippen LogP contribution in [-0.2, 0) is 13.5 Å². The Morgan fingerprint density at radius 1 is 1.17 bits per heavy atom. The Kier molecular flexibility index (Phi) is 5.07. The molecule has 0 saturated carbocycles. The normalized spacial score (nSPS) is 14.1. The predicted molar refractivity (Wildman–Crippen MR) is 113 cm³/mol. The molecule has 1 aromatic heterocycles. The van der Waals surface area contributed by atoms with Crippen LogP contribution in [0.15, 0.2) is 59.7 Å². The van der Waals surface area contributed by atoms with Gasteiger partial charge in [-0.05, 0) is 11.6 Å². The van der Waals surface area contributed by atoms with Crippen LogP contribution in [-0.4, -0.2) is 34.4 Å². The Bertz CT molecular complexity index is 1140. The van der Waals surface area contributed by atoms with Crippen molar-refractivity contribution in [2.24, 2.45) is 17.8 Å². The minimum Gasteiger partial charge on any atom is -0.325 e. The molecule has 0 amide bonds. The van der Waals surface area contributed by atoms with Gasteiger partial charge in [-0.1, -0.05) is 42.5 Å². The number of benzene rings is 2. The maximum atomic E-state index is 12.2. The van der Waals surface area contributed by atoms with E-state index in [4.69, 9.17) is 12.3 Å². The van der Waals surface area contributed by atoms with Crippen molar-refractivity contribution >= 4 is 11.5 Å². The van der Waals surface area contributed by atoms with Crippen LogP contribution in [0, 0.1) is 6.57 Å². The summed E-state index contributed by atoms with van der Waals surface area (Å²) in [6, 6.07) is 15.3. The first-order valence-corrected chi connectivity index (χ1v) is 9.46. The average Bonchev–Trinajstić information content (AvgIpc) is 3.12. The van der Waals surface area contributed by atoms with E-state index in [1.54, 1.807) is 0 Å². The molecule has 29 heavy (non-hydrogen) atoms. The van der Waals surface area contributed by atoms with Gasteiger partial charge < -0.3 is 10.6 Å². The fraction of sp³-hybridized carbons (Fsp3) is 0.217. The lowest BCUT2D eigenvalue weighted by atomic mass is 9.91. The van der Waals surface area contributed by atoms with Crippen molar-refractivity contribution in [2.45, 2.75) is 12.5 Å². The third-order valence-corrected chi connectivity index (χ3v) is 5.34. The van der Waals surface area contributed by atoms with E-state index in [0.29, 0.717) is 12.0 Å². The molecule has 6 nitrogen and oxygen atoms in total. The second-order valence-corrected chi connectivity index (χ2v) is 7.04. The molecule has 1 aliphatic heterocycles. The molecule has 0 aliphatic carbocycles. The molecule has 4 rings (SSSR count). The van der Waals surface area contributed by atoms with Crippen LogP contribution in [0.3, 0.4) is 0 Å². The third kappa shape index (κ3) is 3.48. The van der Waals surface area contributed by atoms with Crippen molar-refractivity contribution < 1.29 is 4.79 Å². The summed E-state index contributed by atoms with van der Waals surface area (Å²) in [5.41, 5.74) is 11.9. The standard InChI is InChI=1S/C23H21N5O/c1-25-20(15-6-4-3-5-7-15)11-22-19(13-27-28(22)2)16-8-9-17-18(10-16)21(12-24)26-14-23(17)29/h3-10,13,20H,11-12,14,24H2,2H3. The van der Waals surface area contributed by atoms with E-state index >= 15 is 0 Å². The lowest BCUT2D eigenvalue weighted by Crippen LogP contribution is -2.25. The minimum atomic E-state index is -0.286. The number of hydrogen-bond acceptors (Lipinski definition) is 4. The van der Waals surface area contributed by atoms with Crippen molar-refractivity contribution in [1.82, 2.24) is 9.78 Å². The van der Waals surface area contributed by atoms with Crippen LogP contribution < -0.4 is 5.73 Å². The zero-order valence-electron chi connectivity index (χ0n) is 16.2. The topological polar surface area (TPSA) is 77.6 Å². The maximum absolute atomic E-state index is 12.2. The van der Waals surface area contributed by atoms with E-state index in [2.05, 4.69) is 14.9 Å². The third-order valence-electron chi connectivity index (χ3n) is 5.34. The molecule has 144 valence electrons. The number of Topliss-reactive ketones (excluding diaryl/α,β-unsaturated/α-hetero) is 1. The van der Waals surface area contributed by atoms with Crippen LogP contribution in [0.4, 0.5) is 0 Å². The summed E-state index contributed by atoms with van der Waals surface area (Å²) in [7, 11) is 1.89. The Balaban J connectivity index is 1.74. The van der Waals surface area contributed by atoms with Gasteiger partial charge >= 0.3 is 0 Å². The van der Waals surface area contributed by atoms with Gasteiger partial charge in [0.1, 0.15) is 6.54 Å². The molecule has 3 aromatic rings. The van der Waals surface area contributed by atoms with Gasteiger partial charge in [0.05, 0.1) is 24.0 Å². The Labute approximate surface area is 169 Å². The molecule has 0 bridgehead atoms. The lowest BCUT2D eigenvalue weighted by Gasteiger charge is -2.16. The van der Waals surface area contributed by atoms with Crippen LogP contribution in [0.5, 0.6) is 0 Å². The summed E-state index contributed by atoms with van der Waals surface area (Å²) in [6.07, 6.45) is 2.36. The van der Waals surface area contributed by atoms with Crippen molar-refractivity contribution in [3.05, 3.63) is 88.5 Å². The number of rotatable bonds is 5. The highest BCUT2D eigenvalue weighted by Crippen LogP contribution is 2.31. The first-order chi connectivity index (χ1) is 14.1. The molecule has 1 unspecified atom stereocenters. The quantitative estimate of drug-likeness (QED) is 0.687. The van der Waals surface area contributed by atoms with Gasteiger partial charge in [0.15, 0.2) is 5.78 Å². The Morgan fingerprint density at radius 2 is 1.97 bits per heavy atom. The van der Waals surface area contributed by atoms with E-state index < -0.39 is 0 Å². The number of nitrogens with two attached hydrogens (primary N) is 1. The molecule has 0 spiro atoms. The van der Waals surface area contributed by atoms with Gasteiger partial charge in [0.2, 0.25) is 0 Å². The minimum absolute atomic E-state index is 0.00677. The molecule has 2 aromatic carbocycles. The molecule has 0 saturated heterocycles. The summed E-state index contributed by atoms with van der Waals surface area (Å²) in [4.78, 5) is 20.4. The highest BCUT2D eigenvalue weighted by Gasteiger charge is 2.24. The summed E-state index contributed by atoms with van der Waals surface area (Å²) in [5, 5.41) is 4.43. The summed E-state index contributed by atoms with van der Waals surface area (Å²) in [6.45, 7) is 8.11. The number of aliphatic imine (C=N–C) groups is 1. The lowest BCUT2D eigenvalue weighted by molar-refractivity contribution is 0.1000. The number of ketones is 1. The van der Waals surface area contributed by atoms with Gasteiger partial charge in [-0.3, -0.25) is 14.5 Å². The van der Waals surface area contributed by atoms with Crippen molar-refractivity contribution in [3.63, 3.8) is 0 Å². The number of carbonyl (C=O) groups excluding carboxylic acids is 1. The van der Waals surface area contributed by atoms with E-state index in [-0.39, 0.29) is 24.9 Å². The maximum Gasteiger partial charge on any atom is 0.254 e. The van der Waals surface area contributed by atoms with Crippen LogP contribution in [0.1, 0.15) is 33.2 Å². The number of fused-ring (bicyclic) bond motifs is 1. The van der Waals surface area contributed by atoms with Crippen molar-refractivity contribution in [1.29, 1.82) is 0 Å². The van der Waals surface area contributed by atoms with Gasteiger partial charge in [0, 0.05) is 35.8 Å². The second-order valence-electron chi connectivity index (χ2n) is 7.04. The van der Waals surface area contributed by atoms with E-state index in [1.165, 1.54) is 0 Å². The predicted octanol–water partition coefficient (Wildman–Crippen LogP) is 3.23. The average molecular weight is 383 g/mol. The molecule has 2 N–H and O–H groups in total. The van der Waals surface area contributed by atoms with Crippen molar-refractivity contribution in [2.75, 3.05) is 13.1 Å². The molecule has 0 fully saturated rings. The summed E-state index contributed by atoms with van der Waals surface area (Å²) >= 11 is 0. The Hall–Kier alpha value is -3.56. The van der Waals surface area contributed by atoms with Crippen LogP contribution >= 0.6 is 0 Å². The molecular weight excluding hydrogens is 362 g/mol. The number of carbonyl (C=O) groups is 1. The summed E-state index contributed by atoms with van der Waals surface area (Å²) < 4.78 is 1.82. The first kappa shape index (κ1) is 18.8. The van der Waals surface area contributed by atoms with Gasteiger partial charge in [0.25, 0.3) is 6.04 Å². The fourth-order valence-corrected chi connectivity index (χ4v) is 3.75. The van der Waals surface area contributed by atoms with Gasteiger partial charge in [-0.2, -0.15) is 5.10 Å². The van der Waals surface area contributed by atoms with E-state index in [0.717, 1.165) is 33.7 Å². The van der Waals surface area contributed by atoms with Crippen LogP contribution in [0.25, 0.3) is 16.0 Å². The zero-order valence-corrected chi connectivity index (χ0v) is 16.2. The van der Waals surface area contributed by atoms with Gasteiger partial charge in [-0.25, -0.2) is 6.57 Å². The molecule has 0 radical (unpaired) electrons. The summed E-state index contributed by atoms with van der Waals surface area (Å²) in [5.74, 6) is 0.00677. The monoisotopic (exact) mass is 383 g/mol. The molecule has 6 heteroatoms. The molecular formula is C23H21N5O. The smallest absolute Gasteiger partial charge is 0.254 e. The first-order valence-electron chi connectivity index (χ1n) is 9.46. The number of nitrogens with zero attached hydrogens (tertiary/aromatic N) is 4. The molecule has 1 aliphatic rings. The SMILES string of the molecule is [C-]#[N+]C(Cc1c(-c2ccc3c(c2)C(CN)=NCC3=O)cnn1C)c1ccccc1. The van der Waals surface area contributed by atoms with Gasteiger partial charge in [-0.15, -0.1) is 0 Å². The van der Waals surface area contributed by atoms with E-state index in [1.807, 2.05) is 66.5 Å². The van der Waals surface area contributed by atoms with Crippen LogP contribution in [0.2, 0.25) is 0 Å². The molecule has 1 atom stereocenters. The van der Waals surface area contributed by atoms with Crippen molar-refractivity contribution in [3.8, 4) is 11.1 Å². The zero-order chi connectivity index (χ0) is 20.4.